The Kier molecular flexibility index (Phi) is 5.87. The molecule has 1 aliphatic rings. The van der Waals surface area contributed by atoms with E-state index in [0.717, 1.165) is 30.8 Å². The summed E-state index contributed by atoms with van der Waals surface area (Å²) in [5, 5.41) is 3.41. The molecule has 1 N–H and O–H groups in total. The molecule has 0 saturated carbocycles. The van der Waals surface area contributed by atoms with Crippen LogP contribution in [-0.4, -0.2) is 18.5 Å². The van der Waals surface area contributed by atoms with Gasteiger partial charge in [-0.05, 0) is 49.9 Å². The van der Waals surface area contributed by atoms with Gasteiger partial charge in [0.2, 0.25) is 5.91 Å². The lowest BCUT2D eigenvalue weighted by molar-refractivity contribution is -0.119. The van der Waals surface area contributed by atoms with Crippen molar-refractivity contribution < 1.29 is 4.79 Å². The maximum Gasteiger partial charge on any atom is 0.249 e. The molecule has 0 fully saturated rings. The Labute approximate surface area is 135 Å². The highest BCUT2D eigenvalue weighted by atomic mass is 16.2. The Balaban J connectivity index is 2.16. The van der Waals surface area contributed by atoms with Crippen molar-refractivity contribution in [2.45, 2.75) is 72.3 Å². The number of benzene rings is 1. The van der Waals surface area contributed by atoms with Gasteiger partial charge in [-0.15, -0.1) is 0 Å². The van der Waals surface area contributed by atoms with E-state index in [1.165, 1.54) is 36.8 Å². The second kappa shape index (κ2) is 7.66. The van der Waals surface area contributed by atoms with Gasteiger partial charge in [0.25, 0.3) is 0 Å². The van der Waals surface area contributed by atoms with E-state index in [1.807, 2.05) is 4.90 Å². The van der Waals surface area contributed by atoms with Crippen molar-refractivity contribution in [3.8, 4) is 0 Å². The predicted molar refractivity (Wildman–Crippen MR) is 94.7 cm³/mol. The van der Waals surface area contributed by atoms with Crippen LogP contribution < -0.4 is 10.2 Å². The van der Waals surface area contributed by atoms with Gasteiger partial charge in [-0.25, -0.2) is 0 Å². The normalized spacial score (nSPS) is 17.4. The number of anilines is 2. The summed E-state index contributed by atoms with van der Waals surface area (Å²) in [5.41, 5.74) is 4.70. The first-order valence-corrected chi connectivity index (χ1v) is 8.77. The molecule has 0 aromatic heterocycles. The molecular weight excluding hydrogens is 272 g/mol. The standard InChI is InChI=1S/C19H30N2O/c1-5-7-8-9-10-11-21-18-13-15(4)14(3)12-17(18)20-16(6-2)19(21)22/h12-13,16,20H,5-11H2,1-4H3. The van der Waals surface area contributed by atoms with Crippen LogP contribution in [0.5, 0.6) is 0 Å². The van der Waals surface area contributed by atoms with Crippen LogP contribution in [0.15, 0.2) is 12.1 Å². The molecular formula is C19H30N2O. The van der Waals surface area contributed by atoms with Crippen molar-refractivity contribution in [3.63, 3.8) is 0 Å². The van der Waals surface area contributed by atoms with Gasteiger partial charge in [0.1, 0.15) is 6.04 Å². The Hall–Kier alpha value is -1.51. The fourth-order valence-electron chi connectivity index (χ4n) is 3.08. The quantitative estimate of drug-likeness (QED) is 0.733. The first kappa shape index (κ1) is 16.9. The predicted octanol–water partition coefficient (Wildman–Crippen LogP) is 4.81. The van der Waals surface area contributed by atoms with E-state index in [-0.39, 0.29) is 11.9 Å². The van der Waals surface area contributed by atoms with Crippen LogP contribution in [0.25, 0.3) is 0 Å². The fourth-order valence-corrected chi connectivity index (χ4v) is 3.08. The zero-order valence-corrected chi connectivity index (χ0v) is 14.5. The van der Waals surface area contributed by atoms with Gasteiger partial charge in [0, 0.05) is 6.54 Å². The Morgan fingerprint density at radius 2 is 1.73 bits per heavy atom. The van der Waals surface area contributed by atoms with Gasteiger partial charge in [-0.2, -0.15) is 0 Å². The molecule has 0 spiro atoms. The molecule has 1 amide bonds. The Morgan fingerprint density at radius 1 is 1.05 bits per heavy atom. The first-order valence-electron chi connectivity index (χ1n) is 8.77. The average molecular weight is 302 g/mol. The van der Waals surface area contributed by atoms with E-state index in [9.17, 15) is 4.79 Å². The number of unbranched alkanes of at least 4 members (excludes halogenated alkanes) is 4. The molecule has 0 radical (unpaired) electrons. The molecule has 0 aliphatic carbocycles. The monoisotopic (exact) mass is 302 g/mol. The van der Waals surface area contributed by atoms with Crippen LogP contribution in [0.1, 0.15) is 63.5 Å². The van der Waals surface area contributed by atoms with E-state index in [4.69, 9.17) is 0 Å². The molecule has 1 atom stereocenters. The summed E-state index contributed by atoms with van der Waals surface area (Å²) >= 11 is 0. The van der Waals surface area contributed by atoms with Crippen molar-refractivity contribution in [1.29, 1.82) is 0 Å². The molecule has 2 rings (SSSR count). The number of nitrogens with one attached hydrogen (secondary N) is 1. The maximum absolute atomic E-state index is 12.7. The molecule has 3 heteroatoms. The smallest absolute Gasteiger partial charge is 0.249 e. The molecule has 22 heavy (non-hydrogen) atoms. The molecule has 1 aromatic rings. The van der Waals surface area contributed by atoms with Crippen molar-refractivity contribution >= 4 is 17.3 Å². The van der Waals surface area contributed by atoms with Crippen LogP contribution in [0.3, 0.4) is 0 Å². The summed E-state index contributed by atoms with van der Waals surface area (Å²) in [4.78, 5) is 14.7. The van der Waals surface area contributed by atoms with E-state index < -0.39 is 0 Å². The van der Waals surface area contributed by atoms with Gasteiger partial charge < -0.3 is 10.2 Å². The van der Waals surface area contributed by atoms with Crippen molar-refractivity contribution in [2.75, 3.05) is 16.8 Å². The molecule has 0 saturated heterocycles. The van der Waals surface area contributed by atoms with Crippen molar-refractivity contribution in [1.82, 2.24) is 0 Å². The topological polar surface area (TPSA) is 32.3 Å². The minimum atomic E-state index is -0.0785. The van der Waals surface area contributed by atoms with Crippen molar-refractivity contribution in [2.24, 2.45) is 0 Å². The summed E-state index contributed by atoms with van der Waals surface area (Å²) in [7, 11) is 0. The summed E-state index contributed by atoms with van der Waals surface area (Å²) in [5.74, 6) is 0.230. The van der Waals surface area contributed by atoms with Crippen molar-refractivity contribution in [3.05, 3.63) is 23.3 Å². The number of hydrogen-bond donors (Lipinski definition) is 1. The number of carbonyl (C=O) groups is 1. The average Bonchev–Trinajstić information content (AvgIpc) is 2.50. The number of nitrogens with zero attached hydrogens (tertiary/aromatic N) is 1. The third kappa shape index (κ3) is 3.63. The Bertz CT molecular complexity index is 524. The fraction of sp³-hybridized carbons (Fsp3) is 0.632. The van der Waals surface area contributed by atoms with E-state index in [1.54, 1.807) is 0 Å². The first-order chi connectivity index (χ1) is 10.6. The zero-order chi connectivity index (χ0) is 16.1. The number of rotatable bonds is 7. The van der Waals surface area contributed by atoms with Crippen LogP contribution in [0.2, 0.25) is 0 Å². The van der Waals surface area contributed by atoms with Crippen LogP contribution in [0.4, 0.5) is 11.4 Å². The molecule has 1 heterocycles. The SMILES string of the molecule is CCCCCCCN1C(=O)C(CC)Nc2cc(C)c(C)cc21. The van der Waals surface area contributed by atoms with Crippen LogP contribution >= 0.6 is 0 Å². The lowest BCUT2D eigenvalue weighted by atomic mass is 10.0. The van der Waals surface area contributed by atoms with Gasteiger partial charge in [0.05, 0.1) is 11.4 Å². The maximum atomic E-state index is 12.7. The molecule has 3 nitrogen and oxygen atoms in total. The van der Waals surface area contributed by atoms with E-state index in [0.29, 0.717) is 0 Å². The van der Waals surface area contributed by atoms with E-state index >= 15 is 0 Å². The lowest BCUT2D eigenvalue weighted by Gasteiger charge is -2.35. The van der Waals surface area contributed by atoms with Gasteiger partial charge >= 0.3 is 0 Å². The number of carbonyl (C=O) groups excluding carboxylic acids is 1. The molecule has 1 unspecified atom stereocenters. The highest BCUT2D eigenvalue weighted by Gasteiger charge is 2.31. The largest absolute Gasteiger partial charge is 0.372 e. The minimum absolute atomic E-state index is 0.0785. The molecule has 122 valence electrons. The summed E-state index contributed by atoms with van der Waals surface area (Å²) in [6, 6.07) is 4.27. The third-order valence-corrected chi connectivity index (χ3v) is 4.69. The van der Waals surface area contributed by atoms with E-state index in [2.05, 4.69) is 45.1 Å². The van der Waals surface area contributed by atoms with Crippen LogP contribution in [0, 0.1) is 13.8 Å². The summed E-state index contributed by atoms with van der Waals surface area (Å²) < 4.78 is 0. The van der Waals surface area contributed by atoms with Gasteiger partial charge in [-0.1, -0.05) is 39.5 Å². The third-order valence-electron chi connectivity index (χ3n) is 4.69. The van der Waals surface area contributed by atoms with Crippen LogP contribution in [-0.2, 0) is 4.79 Å². The molecule has 0 bridgehead atoms. The lowest BCUT2D eigenvalue weighted by Crippen LogP contribution is -2.47. The number of hydrogen-bond acceptors (Lipinski definition) is 2. The molecule has 1 aliphatic heterocycles. The molecule has 1 aromatic carbocycles. The zero-order valence-electron chi connectivity index (χ0n) is 14.5. The number of aryl methyl sites for hydroxylation is 2. The second-order valence-electron chi connectivity index (χ2n) is 6.46. The highest BCUT2D eigenvalue weighted by molar-refractivity contribution is 6.05. The second-order valence-corrected chi connectivity index (χ2v) is 6.46. The number of fused-ring (bicyclic) bond motifs is 1. The Morgan fingerprint density at radius 3 is 2.41 bits per heavy atom. The van der Waals surface area contributed by atoms with Gasteiger partial charge in [-0.3, -0.25) is 4.79 Å². The van der Waals surface area contributed by atoms with Gasteiger partial charge in [0.15, 0.2) is 0 Å². The highest BCUT2D eigenvalue weighted by Crippen LogP contribution is 2.35. The summed E-state index contributed by atoms with van der Waals surface area (Å²) in [6.07, 6.45) is 6.95. The number of amides is 1. The summed E-state index contributed by atoms with van der Waals surface area (Å²) in [6.45, 7) is 9.39. The minimum Gasteiger partial charge on any atom is -0.372 e.